The second-order valence-electron chi connectivity index (χ2n) is 10.4. The first-order valence-electron chi connectivity index (χ1n) is 12.0. The monoisotopic (exact) mass is 392 g/mol. The summed E-state index contributed by atoms with van der Waals surface area (Å²) in [6, 6.07) is 4.33. The van der Waals surface area contributed by atoms with Gasteiger partial charge in [-0.15, -0.1) is 0 Å². The number of nitrogens with two attached hydrogens (primary N) is 1. The molecule has 4 aliphatic rings. The molecule has 6 atom stereocenters. The molecular formula is C27H40N2. The minimum Gasteiger partial charge on any atom is -0.333 e. The molecule has 0 saturated heterocycles. The van der Waals surface area contributed by atoms with Gasteiger partial charge in [0.15, 0.2) is 0 Å². The van der Waals surface area contributed by atoms with E-state index in [9.17, 15) is 0 Å². The first-order valence-corrected chi connectivity index (χ1v) is 12.0. The van der Waals surface area contributed by atoms with Gasteiger partial charge in [-0.2, -0.15) is 0 Å². The molecule has 29 heavy (non-hydrogen) atoms. The molecule has 2 heteroatoms. The topological polar surface area (TPSA) is 38.9 Å². The molecule has 1 heterocycles. The number of nitrogens with zero attached hydrogens (tertiary/aromatic N) is 1. The van der Waals surface area contributed by atoms with Crippen LogP contribution in [0.5, 0.6) is 0 Å². The van der Waals surface area contributed by atoms with Crippen LogP contribution in [0.3, 0.4) is 0 Å². The standard InChI is InChI=1S/C26H35N.CH5N/c1-4-18-11-13-25(2)20(16-18)7-8-21-23-10-9-22(19-6-5-15-27-17-19)26(23,3)14-12-24(21)25;1-2/h5-6,9-10,15,17-18,20-21,24H,4,7-8,11-14,16H2,1-3H3;2H2,1H3. The Morgan fingerprint density at radius 2 is 1.90 bits per heavy atom. The van der Waals surface area contributed by atoms with Crippen molar-refractivity contribution in [3.05, 3.63) is 47.8 Å². The van der Waals surface area contributed by atoms with Crippen molar-refractivity contribution in [1.29, 1.82) is 0 Å². The van der Waals surface area contributed by atoms with Gasteiger partial charge in [0.25, 0.3) is 0 Å². The number of hydrogen-bond acceptors (Lipinski definition) is 2. The van der Waals surface area contributed by atoms with Gasteiger partial charge in [0.2, 0.25) is 0 Å². The molecule has 1 aromatic rings. The third-order valence-electron chi connectivity index (χ3n) is 9.37. The van der Waals surface area contributed by atoms with Crippen molar-refractivity contribution in [2.24, 2.45) is 40.2 Å². The van der Waals surface area contributed by atoms with E-state index >= 15 is 0 Å². The van der Waals surface area contributed by atoms with Gasteiger partial charge < -0.3 is 5.73 Å². The van der Waals surface area contributed by atoms with Crippen LogP contribution in [0.4, 0.5) is 0 Å². The predicted molar refractivity (Wildman–Crippen MR) is 123 cm³/mol. The molecule has 4 aliphatic carbocycles. The van der Waals surface area contributed by atoms with Crippen molar-refractivity contribution in [3.63, 3.8) is 0 Å². The molecule has 6 unspecified atom stereocenters. The SMILES string of the molecule is CCC1CCC2(C)C(CCC3C4=CC=C(c5cccnc5)C4(C)CCC32)C1.CN. The van der Waals surface area contributed by atoms with Gasteiger partial charge in [0, 0.05) is 17.8 Å². The highest BCUT2D eigenvalue weighted by atomic mass is 14.6. The Kier molecular flexibility index (Phi) is 5.77. The lowest BCUT2D eigenvalue weighted by molar-refractivity contribution is -0.0604. The number of aromatic nitrogens is 1. The molecule has 0 amide bonds. The van der Waals surface area contributed by atoms with Crippen molar-refractivity contribution in [1.82, 2.24) is 4.98 Å². The van der Waals surface area contributed by atoms with Crippen LogP contribution in [0.1, 0.15) is 77.7 Å². The maximum Gasteiger partial charge on any atom is 0.0343 e. The maximum atomic E-state index is 4.50. The van der Waals surface area contributed by atoms with Gasteiger partial charge >= 0.3 is 0 Å². The third kappa shape index (κ3) is 3.23. The quantitative estimate of drug-likeness (QED) is 0.613. The van der Waals surface area contributed by atoms with Gasteiger partial charge in [0.05, 0.1) is 0 Å². The van der Waals surface area contributed by atoms with Crippen LogP contribution in [0.15, 0.2) is 42.3 Å². The second kappa shape index (κ2) is 8.02. The van der Waals surface area contributed by atoms with Gasteiger partial charge in [-0.3, -0.25) is 4.98 Å². The van der Waals surface area contributed by atoms with Crippen LogP contribution in [-0.2, 0) is 0 Å². The molecule has 0 aliphatic heterocycles. The lowest BCUT2D eigenvalue weighted by Gasteiger charge is -2.59. The molecular weight excluding hydrogens is 352 g/mol. The van der Waals surface area contributed by atoms with Crippen molar-refractivity contribution in [2.45, 2.75) is 72.1 Å². The van der Waals surface area contributed by atoms with E-state index in [0.29, 0.717) is 5.41 Å². The zero-order chi connectivity index (χ0) is 20.6. The van der Waals surface area contributed by atoms with Gasteiger partial charge in [0.1, 0.15) is 0 Å². The molecule has 2 nitrogen and oxygen atoms in total. The van der Waals surface area contributed by atoms with E-state index in [1.165, 1.54) is 69.6 Å². The fourth-order valence-electron chi connectivity index (χ4n) is 7.65. The predicted octanol–water partition coefficient (Wildman–Crippen LogP) is 6.64. The van der Waals surface area contributed by atoms with E-state index in [1.54, 1.807) is 5.57 Å². The Morgan fingerprint density at radius 1 is 1.07 bits per heavy atom. The molecule has 3 fully saturated rings. The number of pyridine rings is 1. The van der Waals surface area contributed by atoms with Gasteiger partial charge in [-0.25, -0.2) is 0 Å². The summed E-state index contributed by atoms with van der Waals surface area (Å²) in [6.45, 7) is 7.59. The smallest absolute Gasteiger partial charge is 0.0343 e. The summed E-state index contributed by atoms with van der Waals surface area (Å²) in [7, 11) is 1.50. The molecule has 0 radical (unpaired) electrons. The molecule has 2 N–H and O–H groups in total. The number of fused-ring (bicyclic) bond motifs is 5. The van der Waals surface area contributed by atoms with Crippen LogP contribution in [0.25, 0.3) is 5.57 Å². The minimum absolute atomic E-state index is 0.244. The van der Waals surface area contributed by atoms with E-state index in [2.05, 4.69) is 62.0 Å². The van der Waals surface area contributed by atoms with E-state index in [1.807, 2.05) is 6.20 Å². The number of rotatable bonds is 2. The first kappa shape index (κ1) is 20.8. The summed E-state index contributed by atoms with van der Waals surface area (Å²) in [5, 5.41) is 0. The Hall–Kier alpha value is -1.41. The molecule has 0 spiro atoms. The summed E-state index contributed by atoms with van der Waals surface area (Å²) >= 11 is 0. The molecule has 158 valence electrons. The zero-order valence-corrected chi connectivity index (χ0v) is 19.0. The van der Waals surface area contributed by atoms with E-state index in [4.69, 9.17) is 0 Å². The largest absolute Gasteiger partial charge is 0.333 e. The molecule has 0 bridgehead atoms. The second-order valence-corrected chi connectivity index (χ2v) is 10.4. The molecule has 1 aromatic heterocycles. The van der Waals surface area contributed by atoms with Crippen molar-refractivity contribution >= 4 is 5.57 Å². The van der Waals surface area contributed by atoms with Crippen molar-refractivity contribution < 1.29 is 0 Å². The Morgan fingerprint density at radius 3 is 2.62 bits per heavy atom. The maximum absolute atomic E-state index is 4.50. The summed E-state index contributed by atoms with van der Waals surface area (Å²) in [5.41, 5.74) is 9.94. The summed E-state index contributed by atoms with van der Waals surface area (Å²) in [4.78, 5) is 4.40. The van der Waals surface area contributed by atoms with Crippen LogP contribution in [0, 0.1) is 34.5 Å². The van der Waals surface area contributed by atoms with Crippen LogP contribution in [-0.4, -0.2) is 12.0 Å². The van der Waals surface area contributed by atoms with Gasteiger partial charge in [-0.05, 0) is 98.3 Å². The van der Waals surface area contributed by atoms with E-state index < -0.39 is 0 Å². The molecule has 3 saturated carbocycles. The normalized spacial score (nSPS) is 40.4. The highest BCUT2D eigenvalue weighted by molar-refractivity contribution is 5.78. The summed E-state index contributed by atoms with van der Waals surface area (Å²) in [6.07, 6.45) is 20.4. The van der Waals surface area contributed by atoms with Gasteiger partial charge in [-0.1, -0.05) is 51.0 Å². The lowest BCUT2D eigenvalue weighted by Crippen LogP contribution is -2.50. The fourth-order valence-corrected chi connectivity index (χ4v) is 7.65. The molecule has 0 aromatic carbocycles. The van der Waals surface area contributed by atoms with E-state index in [0.717, 1.165) is 23.7 Å². The Balaban J connectivity index is 0.000000994. The number of hydrogen-bond donors (Lipinski definition) is 1. The van der Waals surface area contributed by atoms with E-state index in [-0.39, 0.29) is 5.41 Å². The zero-order valence-electron chi connectivity index (χ0n) is 19.0. The van der Waals surface area contributed by atoms with Crippen LogP contribution in [0.2, 0.25) is 0 Å². The van der Waals surface area contributed by atoms with Crippen molar-refractivity contribution in [3.8, 4) is 0 Å². The highest BCUT2D eigenvalue weighted by Gasteiger charge is 2.56. The third-order valence-corrected chi connectivity index (χ3v) is 9.37. The molecule has 5 rings (SSSR count). The summed E-state index contributed by atoms with van der Waals surface area (Å²) in [5.74, 6) is 3.70. The van der Waals surface area contributed by atoms with Crippen molar-refractivity contribution in [2.75, 3.05) is 7.05 Å². The average Bonchev–Trinajstić information content (AvgIpc) is 3.12. The van der Waals surface area contributed by atoms with Crippen LogP contribution >= 0.6 is 0 Å². The summed E-state index contributed by atoms with van der Waals surface area (Å²) < 4.78 is 0. The number of allylic oxidation sites excluding steroid dienone is 4. The Labute approximate surface area is 178 Å². The average molecular weight is 393 g/mol. The minimum atomic E-state index is 0.244. The lowest BCUT2D eigenvalue weighted by atomic mass is 9.45. The first-order chi connectivity index (χ1) is 14.1. The Bertz CT molecular complexity index is 779. The highest BCUT2D eigenvalue weighted by Crippen LogP contribution is 2.66. The fraction of sp³-hybridized carbons (Fsp3) is 0.667. The van der Waals surface area contributed by atoms with Crippen LogP contribution < -0.4 is 5.73 Å².